The van der Waals surface area contributed by atoms with Crippen molar-refractivity contribution in [1.29, 1.82) is 0 Å². The fourth-order valence-electron chi connectivity index (χ4n) is 2.09. The van der Waals surface area contributed by atoms with E-state index in [0.717, 1.165) is 22.8 Å². The van der Waals surface area contributed by atoms with Crippen molar-refractivity contribution in [3.05, 3.63) is 48.5 Å². The second-order valence-corrected chi connectivity index (χ2v) is 5.21. The van der Waals surface area contributed by atoms with Crippen molar-refractivity contribution in [2.24, 2.45) is 0 Å². The minimum atomic E-state index is -0.106. The zero-order valence-corrected chi connectivity index (χ0v) is 13.8. The second-order valence-electron chi connectivity index (χ2n) is 5.21. The van der Waals surface area contributed by atoms with Crippen molar-refractivity contribution in [2.75, 3.05) is 29.6 Å². The molecule has 0 aliphatic heterocycles. The predicted molar refractivity (Wildman–Crippen MR) is 95.5 cm³/mol. The highest BCUT2D eigenvalue weighted by molar-refractivity contribution is 5.91. The summed E-state index contributed by atoms with van der Waals surface area (Å²) in [5.74, 6) is 0.575. The van der Waals surface area contributed by atoms with Gasteiger partial charge < -0.3 is 20.7 Å². The number of methoxy groups -OCH3 is 1. The van der Waals surface area contributed by atoms with Crippen molar-refractivity contribution in [3.8, 4) is 5.75 Å². The van der Waals surface area contributed by atoms with Gasteiger partial charge in [0.2, 0.25) is 11.8 Å². The molecule has 126 valence electrons. The van der Waals surface area contributed by atoms with Crippen LogP contribution < -0.4 is 20.7 Å². The van der Waals surface area contributed by atoms with E-state index in [-0.39, 0.29) is 11.8 Å². The van der Waals surface area contributed by atoms with Gasteiger partial charge in [-0.3, -0.25) is 9.59 Å². The molecule has 0 atom stereocenters. The van der Waals surface area contributed by atoms with Gasteiger partial charge in [0.15, 0.2) is 0 Å². The van der Waals surface area contributed by atoms with Crippen LogP contribution in [0, 0.1) is 0 Å². The molecular weight excluding hydrogens is 306 g/mol. The molecule has 0 fully saturated rings. The smallest absolute Gasteiger partial charge is 0.226 e. The zero-order chi connectivity index (χ0) is 17.4. The van der Waals surface area contributed by atoms with Crippen LogP contribution in [0.3, 0.4) is 0 Å². The summed E-state index contributed by atoms with van der Waals surface area (Å²) in [5.41, 5.74) is 2.37. The Bertz CT molecular complexity index is 682. The summed E-state index contributed by atoms with van der Waals surface area (Å²) >= 11 is 0. The van der Waals surface area contributed by atoms with Crippen molar-refractivity contribution in [1.82, 2.24) is 0 Å². The van der Waals surface area contributed by atoms with Crippen LogP contribution in [-0.2, 0) is 9.59 Å². The largest absolute Gasteiger partial charge is 0.497 e. The first-order chi connectivity index (χ1) is 11.6. The predicted octanol–water partition coefficient (Wildman–Crippen LogP) is 3.09. The van der Waals surface area contributed by atoms with E-state index in [1.807, 2.05) is 12.1 Å². The first-order valence-corrected chi connectivity index (χ1v) is 7.62. The first kappa shape index (κ1) is 17.3. The summed E-state index contributed by atoms with van der Waals surface area (Å²) in [6, 6.07) is 14.5. The van der Waals surface area contributed by atoms with E-state index in [4.69, 9.17) is 4.74 Å². The molecule has 2 aromatic rings. The third-order valence-electron chi connectivity index (χ3n) is 3.26. The molecule has 2 amide bonds. The molecule has 24 heavy (non-hydrogen) atoms. The maximum Gasteiger partial charge on any atom is 0.226 e. The average molecular weight is 327 g/mol. The fraction of sp³-hybridized carbons (Fsp3) is 0.222. The number of carbonyl (C=O) groups is 2. The van der Waals surface area contributed by atoms with Gasteiger partial charge in [-0.25, -0.2) is 0 Å². The monoisotopic (exact) mass is 327 g/mol. The summed E-state index contributed by atoms with van der Waals surface area (Å²) in [4.78, 5) is 22.9. The minimum Gasteiger partial charge on any atom is -0.497 e. The molecule has 0 aromatic heterocycles. The molecule has 0 aliphatic rings. The van der Waals surface area contributed by atoms with Gasteiger partial charge in [-0.1, -0.05) is 0 Å². The Labute approximate surface area is 141 Å². The normalized spacial score (nSPS) is 9.92. The van der Waals surface area contributed by atoms with E-state index in [0.29, 0.717) is 13.0 Å². The number of carbonyl (C=O) groups excluding carboxylic acids is 2. The summed E-state index contributed by atoms with van der Waals surface area (Å²) in [7, 11) is 1.60. The van der Waals surface area contributed by atoms with E-state index < -0.39 is 0 Å². The van der Waals surface area contributed by atoms with Crippen molar-refractivity contribution >= 4 is 28.9 Å². The van der Waals surface area contributed by atoms with E-state index in [2.05, 4.69) is 16.0 Å². The highest BCUT2D eigenvalue weighted by atomic mass is 16.5. The van der Waals surface area contributed by atoms with Gasteiger partial charge in [-0.15, -0.1) is 0 Å². The average Bonchev–Trinajstić information content (AvgIpc) is 2.57. The van der Waals surface area contributed by atoms with Crippen LogP contribution in [0.4, 0.5) is 17.1 Å². The lowest BCUT2D eigenvalue weighted by molar-refractivity contribution is -0.116. The Balaban J connectivity index is 1.74. The van der Waals surface area contributed by atoms with Crippen LogP contribution in [0.2, 0.25) is 0 Å². The van der Waals surface area contributed by atoms with Crippen LogP contribution >= 0.6 is 0 Å². The molecule has 0 saturated heterocycles. The molecule has 0 spiro atoms. The Morgan fingerprint density at radius 3 is 2.00 bits per heavy atom. The van der Waals surface area contributed by atoms with E-state index in [1.165, 1.54) is 6.92 Å². The number of hydrogen-bond donors (Lipinski definition) is 3. The highest BCUT2D eigenvalue weighted by Crippen LogP contribution is 2.16. The van der Waals surface area contributed by atoms with E-state index in [1.54, 1.807) is 43.5 Å². The summed E-state index contributed by atoms with van der Waals surface area (Å²) < 4.78 is 5.07. The SMILES string of the molecule is COc1ccc(NC(=O)CCNc2ccc(NC(C)=O)cc2)cc1. The van der Waals surface area contributed by atoms with Crippen LogP contribution in [0.25, 0.3) is 0 Å². The Kier molecular flexibility index (Phi) is 6.19. The standard InChI is InChI=1S/C18H21N3O3/c1-13(22)20-15-5-3-14(4-6-15)19-12-11-18(23)21-16-7-9-17(24-2)10-8-16/h3-10,19H,11-12H2,1-2H3,(H,20,22)(H,21,23). The molecule has 0 bridgehead atoms. The third kappa shape index (κ3) is 5.64. The number of rotatable bonds is 7. The van der Waals surface area contributed by atoms with Crippen LogP contribution in [0.15, 0.2) is 48.5 Å². The van der Waals surface area contributed by atoms with Gasteiger partial charge in [0.25, 0.3) is 0 Å². The number of hydrogen-bond acceptors (Lipinski definition) is 4. The number of benzene rings is 2. The Hall–Kier alpha value is -3.02. The third-order valence-corrected chi connectivity index (χ3v) is 3.26. The number of nitrogens with one attached hydrogen (secondary N) is 3. The maximum atomic E-state index is 11.9. The van der Waals surface area contributed by atoms with Crippen molar-refractivity contribution < 1.29 is 14.3 Å². The molecule has 0 saturated carbocycles. The van der Waals surface area contributed by atoms with Crippen LogP contribution in [-0.4, -0.2) is 25.5 Å². The van der Waals surface area contributed by atoms with Gasteiger partial charge in [-0.2, -0.15) is 0 Å². The van der Waals surface area contributed by atoms with Gasteiger partial charge in [0.1, 0.15) is 5.75 Å². The molecule has 0 aliphatic carbocycles. The Morgan fingerprint density at radius 1 is 0.875 bits per heavy atom. The molecule has 0 unspecified atom stereocenters. The number of anilines is 3. The van der Waals surface area contributed by atoms with Gasteiger partial charge >= 0.3 is 0 Å². The number of amides is 2. The van der Waals surface area contributed by atoms with Gasteiger partial charge in [0.05, 0.1) is 7.11 Å². The molecule has 6 heteroatoms. The molecule has 0 heterocycles. The van der Waals surface area contributed by atoms with Crippen LogP contribution in [0.5, 0.6) is 5.75 Å². The second kappa shape index (κ2) is 8.57. The summed E-state index contributed by atoms with van der Waals surface area (Å²) in [6.07, 6.45) is 0.347. The van der Waals surface area contributed by atoms with Crippen molar-refractivity contribution in [2.45, 2.75) is 13.3 Å². The number of ether oxygens (including phenoxy) is 1. The molecule has 6 nitrogen and oxygen atoms in total. The topological polar surface area (TPSA) is 79.5 Å². The fourth-order valence-corrected chi connectivity index (χ4v) is 2.09. The first-order valence-electron chi connectivity index (χ1n) is 7.62. The maximum absolute atomic E-state index is 11.9. The Morgan fingerprint density at radius 2 is 1.42 bits per heavy atom. The van der Waals surface area contributed by atoms with Crippen molar-refractivity contribution in [3.63, 3.8) is 0 Å². The van der Waals surface area contributed by atoms with Gasteiger partial charge in [-0.05, 0) is 48.5 Å². The minimum absolute atomic E-state index is 0.0671. The van der Waals surface area contributed by atoms with E-state index in [9.17, 15) is 9.59 Å². The highest BCUT2D eigenvalue weighted by Gasteiger charge is 2.03. The van der Waals surface area contributed by atoms with Gasteiger partial charge in [0, 0.05) is 37.0 Å². The molecule has 2 aromatic carbocycles. The quantitative estimate of drug-likeness (QED) is 0.730. The summed E-state index contributed by atoms with van der Waals surface area (Å²) in [5, 5.41) is 8.70. The lowest BCUT2D eigenvalue weighted by Crippen LogP contribution is -2.16. The molecule has 3 N–H and O–H groups in total. The van der Waals surface area contributed by atoms with E-state index >= 15 is 0 Å². The zero-order valence-electron chi connectivity index (χ0n) is 13.8. The molecular formula is C18H21N3O3. The lowest BCUT2D eigenvalue weighted by atomic mass is 10.2. The molecule has 2 rings (SSSR count). The summed E-state index contributed by atoms with van der Waals surface area (Å²) in [6.45, 7) is 1.98. The molecule has 0 radical (unpaired) electrons. The van der Waals surface area contributed by atoms with Crippen LogP contribution in [0.1, 0.15) is 13.3 Å². The lowest BCUT2D eigenvalue weighted by Gasteiger charge is -2.09.